The maximum atomic E-state index is 4.31. The second-order valence-corrected chi connectivity index (χ2v) is 3.05. The third-order valence-electron chi connectivity index (χ3n) is 2.06. The molecule has 2 rings (SSSR count). The lowest BCUT2D eigenvalue weighted by molar-refractivity contribution is 0.783. The van der Waals surface area contributed by atoms with Crippen LogP contribution in [0.2, 0.25) is 0 Å². The molecule has 0 atom stereocenters. The van der Waals surface area contributed by atoms with Crippen LogP contribution in [0.5, 0.6) is 0 Å². The van der Waals surface area contributed by atoms with Gasteiger partial charge in [0.15, 0.2) is 0 Å². The summed E-state index contributed by atoms with van der Waals surface area (Å²) >= 11 is 0. The molecule has 0 spiro atoms. The molecule has 0 saturated heterocycles. The van der Waals surface area contributed by atoms with E-state index >= 15 is 0 Å². The van der Waals surface area contributed by atoms with Crippen molar-refractivity contribution in [1.29, 1.82) is 0 Å². The van der Waals surface area contributed by atoms with Crippen LogP contribution in [-0.4, -0.2) is 14.8 Å². The van der Waals surface area contributed by atoms with Crippen molar-refractivity contribution in [2.24, 2.45) is 7.05 Å². The lowest BCUT2D eigenvalue weighted by Crippen LogP contribution is -1.90. The number of nitrogens with zero attached hydrogens (tertiary/aromatic N) is 3. The van der Waals surface area contributed by atoms with E-state index in [-0.39, 0.29) is 0 Å². The van der Waals surface area contributed by atoms with Gasteiger partial charge in [-0.3, -0.25) is 9.67 Å². The average molecular weight is 161 g/mol. The standard InChI is InChI=1S/C9H11N3/c1-6-4-9-8(5-10-6)7(2)11-12(9)3/h4-5H,1-3H3. The maximum Gasteiger partial charge on any atom is 0.0715 e. The topological polar surface area (TPSA) is 30.7 Å². The summed E-state index contributed by atoms with van der Waals surface area (Å²) < 4.78 is 1.89. The van der Waals surface area contributed by atoms with Crippen LogP contribution in [0.4, 0.5) is 0 Å². The number of hydrogen-bond acceptors (Lipinski definition) is 2. The van der Waals surface area contributed by atoms with E-state index in [1.165, 1.54) is 0 Å². The minimum atomic E-state index is 1.03. The highest BCUT2D eigenvalue weighted by Gasteiger charge is 2.03. The van der Waals surface area contributed by atoms with Gasteiger partial charge in [0.05, 0.1) is 11.2 Å². The van der Waals surface area contributed by atoms with Gasteiger partial charge in [-0.15, -0.1) is 0 Å². The van der Waals surface area contributed by atoms with Crippen LogP contribution in [-0.2, 0) is 7.05 Å². The molecule has 0 saturated carbocycles. The third-order valence-corrected chi connectivity index (χ3v) is 2.06. The summed E-state index contributed by atoms with van der Waals surface area (Å²) in [7, 11) is 1.95. The van der Waals surface area contributed by atoms with Gasteiger partial charge in [0.1, 0.15) is 0 Å². The Morgan fingerprint density at radius 1 is 1.33 bits per heavy atom. The molecule has 3 heteroatoms. The van der Waals surface area contributed by atoms with E-state index in [9.17, 15) is 0 Å². The lowest BCUT2D eigenvalue weighted by atomic mass is 10.2. The van der Waals surface area contributed by atoms with E-state index in [1.807, 2.05) is 31.8 Å². The fourth-order valence-corrected chi connectivity index (χ4v) is 1.42. The molecule has 0 aliphatic rings. The fraction of sp³-hybridized carbons (Fsp3) is 0.333. The van der Waals surface area contributed by atoms with Gasteiger partial charge in [-0.1, -0.05) is 0 Å². The van der Waals surface area contributed by atoms with Crippen molar-refractivity contribution in [3.05, 3.63) is 23.7 Å². The summed E-state index contributed by atoms with van der Waals surface area (Å²) in [5, 5.41) is 5.45. The smallest absolute Gasteiger partial charge is 0.0715 e. The number of hydrogen-bond donors (Lipinski definition) is 0. The molecular weight excluding hydrogens is 150 g/mol. The quantitative estimate of drug-likeness (QED) is 0.587. The van der Waals surface area contributed by atoms with Crippen LogP contribution in [0.15, 0.2) is 12.3 Å². The molecule has 62 valence electrons. The zero-order valence-electron chi connectivity index (χ0n) is 7.50. The van der Waals surface area contributed by atoms with E-state index in [4.69, 9.17) is 0 Å². The number of pyridine rings is 1. The Kier molecular flexibility index (Phi) is 1.40. The van der Waals surface area contributed by atoms with Crippen molar-refractivity contribution < 1.29 is 0 Å². The monoisotopic (exact) mass is 161 g/mol. The van der Waals surface area contributed by atoms with Gasteiger partial charge in [-0.25, -0.2) is 0 Å². The largest absolute Gasteiger partial charge is 0.268 e. The fourth-order valence-electron chi connectivity index (χ4n) is 1.42. The Labute approximate surface area is 71.0 Å². The molecule has 12 heavy (non-hydrogen) atoms. The molecule has 0 N–H and O–H groups in total. The molecule has 0 aliphatic carbocycles. The van der Waals surface area contributed by atoms with Gasteiger partial charge in [0.25, 0.3) is 0 Å². The van der Waals surface area contributed by atoms with Gasteiger partial charge >= 0.3 is 0 Å². The van der Waals surface area contributed by atoms with Gasteiger partial charge in [-0.2, -0.15) is 5.10 Å². The number of rotatable bonds is 0. The Balaban J connectivity index is 2.90. The first-order valence-electron chi connectivity index (χ1n) is 3.94. The van der Waals surface area contributed by atoms with Crippen molar-refractivity contribution in [2.75, 3.05) is 0 Å². The molecule has 0 unspecified atom stereocenters. The van der Waals surface area contributed by atoms with Crippen molar-refractivity contribution in [3.8, 4) is 0 Å². The van der Waals surface area contributed by atoms with Crippen LogP contribution in [0, 0.1) is 13.8 Å². The first-order valence-corrected chi connectivity index (χ1v) is 3.94. The molecule has 2 aromatic heterocycles. The zero-order valence-corrected chi connectivity index (χ0v) is 7.50. The van der Waals surface area contributed by atoms with Gasteiger partial charge in [0, 0.05) is 24.3 Å². The van der Waals surface area contributed by atoms with E-state index < -0.39 is 0 Å². The third kappa shape index (κ3) is 0.897. The Bertz CT molecular complexity index is 429. The molecule has 0 aromatic carbocycles. The highest BCUT2D eigenvalue weighted by molar-refractivity contribution is 5.80. The molecule has 0 amide bonds. The highest BCUT2D eigenvalue weighted by Crippen LogP contribution is 2.16. The molecular formula is C9H11N3. The Hall–Kier alpha value is -1.38. The van der Waals surface area contributed by atoms with Gasteiger partial charge < -0.3 is 0 Å². The first-order chi connectivity index (χ1) is 5.68. The first kappa shape index (κ1) is 7.28. The molecule has 0 radical (unpaired) electrons. The van der Waals surface area contributed by atoms with E-state index in [1.54, 1.807) is 0 Å². The van der Waals surface area contributed by atoms with Crippen molar-refractivity contribution in [1.82, 2.24) is 14.8 Å². The van der Waals surface area contributed by atoms with Gasteiger partial charge in [-0.05, 0) is 19.9 Å². The summed E-state index contributed by atoms with van der Waals surface area (Å²) in [6.45, 7) is 3.99. The van der Waals surface area contributed by atoms with Crippen molar-refractivity contribution in [3.63, 3.8) is 0 Å². The van der Waals surface area contributed by atoms with Crippen LogP contribution >= 0.6 is 0 Å². The van der Waals surface area contributed by atoms with E-state index in [2.05, 4.69) is 16.1 Å². The van der Waals surface area contributed by atoms with Gasteiger partial charge in [0.2, 0.25) is 0 Å². The van der Waals surface area contributed by atoms with E-state index in [0.717, 1.165) is 22.3 Å². The summed E-state index contributed by atoms with van der Waals surface area (Å²) in [6, 6.07) is 2.05. The summed E-state index contributed by atoms with van der Waals surface area (Å²) in [6.07, 6.45) is 1.88. The number of aryl methyl sites for hydroxylation is 3. The zero-order chi connectivity index (χ0) is 8.72. The Morgan fingerprint density at radius 2 is 2.08 bits per heavy atom. The molecule has 0 fully saturated rings. The second-order valence-electron chi connectivity index (χ2n) is 3.05. The second kappa shape index (κ2) is 2.30. The number of aromatic nitrogens is 3. The maximum absolute atomic E-state index is 4.31. The van der Waals surface area contributed by atoms with Crippen LogP contribution < -0.4 is 0 Å². The summed E-state index contributed by atoms with van der Waals surface area (Å²) in [4.78, 5) is 4.23. The average Bonchev–Trinajstić information content (AvgIpc) is 2.28. The van der Waals surface area contributed by atoms with Crippen LogP contribution in [0.3, 0.4) is 0 Å². The van der Waals surface area contributed by atoms with Crippen LogP contribution in [0.25, 0.3) is 10.9 Å². The number of fused-ring (bicyclic) bond motifs is 1. The predicted molar refractivity (Wildman–Crippen MR) is 48.0 cm³/mol. The molecule has 2 aromatic rings. The molecule has 3 nitrogen and oxygen atoms in total. The molecule has 0 aliphatic heterocycles. The Morgan fingerprint density at radius 3 is 2.83 bits per heavy atom. The SMILES string of the molecule is Cc1cc2c(cn1)c(C)nn2C. The molecule has 0 bridgehead atoms. The predicted octanol–water partition coefficient (Wildman–Crippen LogP) is 1.59. The highest BCUT2D eigenvalue weighted by atomic mass is 15.3. The normalized spacial score (nSPS) is 10.9. The summed E-state index contributed by atoms with van der Waals surface area (Å²) in [5.41, 5.74) is 3.23. The minimum absolute atomic E-state index is 1.03. The lowest BCUT2D eigenvalue weighted by Gasteiger charge is -1.94. The van der Waals surface area contributed by atoms with E-state index in [0.29, 0.717) is 0 Å². The van der Waals surface area contributed by atoms with Crippen molar-refractivity contribution >= 4 is 10.9 Å². The minimum Gasteiger partial charge on any atom is -0.268 e. The molecule has 2 heterocycles. The summed E-state index contributed by atoms with van der Waals surface area (Å²) in [5.74, 6) is 0. The van der Waals surface area contributed by atoms with Crippen molar-refractivity contribution in [2.45, 2.75) is 13.8 Å². The van der Waals surface area contributed by atoms with Crippen LogP contribution in [0.1, 0.15) is 11.4 Å².